The Bertz CT molecular complexity index is 3620. The van der Waals surface area contributed by atoms with Crippen LogP contribution in [0.3, 0.4) is 0 Å². The van der Waals surface area contributed by atoms with Gasteiger partial charge in [-0.3, -0.25) is 9.84 Å². The zero-order valence-electron chi connectivity index (χ0n) is 43.1. The number of fused-ring (bicyclic) bond motifs is 9. The first-order valence-electron chi connectivity index (χ1n) is 25.7. The number of aryl methyl sites for hydroxylation is 4. The van der Waals surface area contributed by atoms with Gasteiger partial charge in [-0.25, -0.2) is 0 Å². The first kappa shape index (κ1) is 44.4. The van der Waals surface area contributed by atoms with Gasteiger partial charge in [-0.1, -0.05) is 181 Å². The second-order valence-electron chi connectivity index (χ2n) is 22.8. The largest absolute Gasteiger partial charge is 0.458 e. The number of anilines is 5. The molecule has 0 amide bonds. The van der Waals surface area contributed by atoms with Gasteiger partial charge in [0.2, 0.25) is 0 Å². The van der Waals surface area contributed by atoms with E-state index in [1.54, 1.807) is 0 Å². The summed E-state index contributed by atoms with van der Waals surface area (Å²) in [6, 6.07) is 66.3. The van der Waals surface area contributed by atoms with Gasteiger partial charge in [0, 0.05) is 28.0 Å². The number of ether oxygens (including phenoxy) is 1. The highest BCUT2D eigenvalue weighted by Crippen LogP contribution is 2.54. The Morgan fingerprint density at radius 1 is 0.389 bits per heavy atom. The van der Waals surface area contributed by atoms with Gasteiger partial charge in [-0.15, -0.1) is 0 Å². The Hall–Kier alpha value is -7.53. The van der Waals surface area contributed by atoms with Crippen LogP contribution in [0.1, 0.15) is 74.9 Å². The number of hydrazine groups is 1. The van der Waals surface area contributed by atoms with Crippen molar-refractivity contribution in [3.8, 4) is 56.0 Å². The Kier molecular flexibility index (Phi) is 9.86. The van der Waals surface area contributed by atoms with Gasteiger partial charge in [-0.2, -0.15) is 0 Å². The Balaban J connectivity index is 1.14. The maximum Gasteiger partial charge on any atom is 0.310 e. The molecule has 0 saturated carbocycles. The van der Waals surface area contributed by atoms with Crippen molar-refractivity contribution in [1.29, 1.82) is 0 Å². The van der Waals surface area contributed by atoms with E-state index in [0.717, 1.165) is 11.5 Å². The summed E-state index contributed by atoms with van der Waals surface area (Å²) in [6.45, 7) is 22.8. The molecule has 0 aromatic heterocycles. The minimum Gasteiger partial charge on any atom is -0.458 e. The average Bonchev–Trinajstić information content (AvgIpc) is 3.88. The van der Waals surface area contributed by atoms with Gasteiger partial charge in [0.25, 0.3) is 0 Å². The third kappa shape index (κ3) is 6.65. The second kappa shape index (κ2) is 16.0. The van der Waals surface area contributed by atoms with E-state index in [1.807, 2.05) is 0 Å². The van der Waals surface area contributed by atoms with Crippen molar-refractivity contribution in [3.05, 3.63) is 209 Å². The van der Waals surface area contributed by atoms with E-state index in [2.05, 4.69) is 260 Å². The summed E-state index contributed by atoms with van der Waals surface area (Å²) in [5.74, 6) is 1.84. The zero-order valence-corrected chi connectivity index (χ0v) is 43.1. The Labute approximate surface area is 426 Å². The molecule has 0 fully saturated rings. The summed E-state index contributed by atoms with van der Waals surface area (Å²) in [6.07, 6.45) is 0. The smallest absolute Gasteiger partial charge is 0.310 e. The quantitative estimate of drug-likeness (QED) is 0.160. The standard InChI is InChI=1S/C66H59B2N3O/c1-40-20-17-21-41(2)60(40)46-30-32-53-58(35-46)72-59-36-47(61-42(3)22-18-23-43(61)4)34-56-63(59)68(53)71-67-52-33-31-48(65(5,6)7)37-54(52)69(55-38-49(66(8,9)10)39-57(62(55)67)70(56)71)64-50(44-24-13-11-14-25-44)28-19-29-51(64)45-26-15-12-16-27-45/h11-39H,1-10H3. The van der Waals surface area contributed by atoms with Crippen LogP contribution in [0.2, 0.25) is 0 Å². The van der Waals surface area contributed by atoms with Crippen molar-refractivity contribution in [3.63, 3.8) is 0 Å². The summed E-state index contributed by atoms with van der Waals surface area (Å²) in [4.78, 5) is 5.40. The highest BCUT2D eigenvalue weighted by molar-refractivity contribution is 7.02. The average molecular weight is 932 g/mol. The third-order valence-corrected chi connectivity index (χ3v) is 16.1. The highest BCUT2D eigenvalue weighted by Gasteiger charge is 2.59. The van der Waals surface area contributed by atoms with Gasteiger partial charge in [0.15, 0.2) is 0 Å². The molecule has 72 heavy (non-hydrogen) atoms. The summed E-state index contributed by atoms with van der Waals surface area (Å²) >= 11 is 0. The van der Waals surface area contributed by atoms with Crippen LogP contribution in [0, 0.1) is 27.7 Å². The molecule has 0 atom stereocenters. The number of hydrogen-bond donors (Lipinski definition) is 0. The molecule has 0 N–H and O–H groups in total. The molecule has 4 aliphatic heterocycles. The van der Waals surface area contributed by atoms with E-state index in [-0.39, 0.29) is 24.5 Å². The van der Waals surface area contributed by atoms with Crippen LogP contribution in [0.4, 0.5) is 28.4 Å². The normalized spacial score (nSPS) is 14.2. The minimum absolute atomic E-state index is 0.0992. The molecule has 0 radical (unpaired) electrons. The molecule has 13 rings (SSSR count). The molecule has 9 aromatic rings. The van der Waals surface area contributed by atoms with E-state index in [4.69, 9.17) is 4.74 Å². The fourth-order valence-corrected chi connectivity index (χ4v) is 12.6. The van der Waals surface area contributed by atoms with Crippen molar-refractivity contribution >= 4 is 64.0 Å². The van der Waals surface area contributed by atoms with E-state index in [1.165, 1.54) is 128 Å². The predicted octanol–water partition coefficient (Wildman–Crippen LogP) is 14.7. The summed E-state index contributed by atoms with van der Waals surface area (Å²) in [5.41, 5.74) is 28.0. The molecule has 0 unspecified atom stereocenters. The lowest BCUT2D eigenvalue weighted by Crippen LogP contribution is -2.66. The molecule has 0 bridgehead atoms. The van der Waals surface area contributed by atoms with E-state index >= 15 is 0 Å². The summed E-state index contributed by atoms with van der Waals surface area (Å²) in [5, 5.41) is 2.61. The SMILES string of the molecule is Cc1cccc(C)c1-c1ccc2c(c1)Oc1cc(-c3c(C)cccc3C)cc3c1B2N1B2c4ccc(C(C)(C)C)cc4N(c4c(-c5ccccc5)cccc4-c4ccccc4)c4cc(C(C)(C)C)cc(c42)N31. The van der Waals surface area contributed by atoms with Crippen LogP contribution < -0.4 is 36.5 Å². The van der Waals surface area contributed by atoms with Crippen molar-refractivity contribution in [2.45, 2.75) is 80.1 Å². The van der Waals surface area contributed by atoms with Crippen molar-refractivity contribution in [2.24, 2.45) is 0 Å². The molecule has 0 aliphatic carbocycles. The van der Waals surface area contributed by atoms with Crippen LogP contribution >= 0.6 is 0 Å². The number of para-hydroxylation sites is 1. The van der Waals surface area contributed by atoms with E-state index < -0.39 is 0 Å². The lowest BCUT2D eigenvalue weighted by Gasteiger charge is -2.41. The van der Waals surface area contributed by atoms with Gasteiger partial charge in [0.1, 0.15) is 11.5 Å². The first-order chi connectivity index (χ1) is 34.7. The molecule has 4 heterocycles. The fraction of sp³-hybridized carbons (Fsp3) is 0.182. The molecule has 0 spiro atoms. The van der Waals surface area contributed by atoms with Crippen molar-refractivity contribution in [2.75, 3.05) is 9.91 Å². The van der Waals surface area contributed by atoms with Crippen molar-refractivity contribution < 1.29 is 4.74 Å². The van der Waals surface area contributed by atoms with Crippen molar-refractivity contribution in [1.82, 2.24) is 4.83 Å². The van der Waals surface area contributed by atoms with Crippen LogP contribution in [0.15, 0.2) is 176 Å². The van der Waals surface area contributed by atoms with Crippen LogP contribution in [-0.4, -0.2) is 18.5 Å². The maximum absolute atomic E-state index is 7.34. The highest BCUT2D eigenvalue weighted by atomic mass is 16.5. The van der Waals surface area contributed by atoms with Crippen LogP contribution in [-0.2, 0) is 10.8 Å². The van der Waals surface area contributed by atoms with Gasteiger partial charge in [0.05, 0.1) is 17.1 Å². The number of rotatable bonds is 5. The fourth-order valence-electron chi connectivity index (χ4n) is 12.6. The molecule has 4 nitrogen and oxygen atoms in total. The zero-order chi connectivity index (χ0) is 49.5. The molecule has 9 aromatic carbocycles. The topological polar surface area (TPSA) is 19.0 Å². The van der Waals surface area contributed by atoms with E-state index in [9.17, 15) is 0 Å². The lowest BCUT2D eigenvalue weighted by molar-refractivity contribution is 0.487. The number of benzene rings is 9. The summed E-state index contributed by atoms with van der Waals surface area (Å²) in [7, 11) is 0. The molecule has 350 valence electrons. The van der Waals surface area contributed by atoms with Crippen LogP contribution in [0.5, 0.6) is 11.5 Å². The van der Waals surface area contributed by atoms with E-state index in [0.29, 0.717) is 0 Å². The molecule has 4 aliphatic rings. The first-order valence-corrected chi connectivity index (χ1v) is 25.7. The Morgan fingerprint density at radius 2 is 0.889 bits per heavy atom. The number of hydrogen-bond acceptors (Lipinski definition) is 4. The minimum atomic E-state index is -0.171. The van der Waals surface area contributed by atoms with Gasteiger partial charge < -0.3 is 9.64 Å². The second-order valence-corrected chi connectivity index (χ2v) is 22.8. The molecular weight excluding hydrogens is 872 g/mol. The van der Waals surface area contributed by atoms with Crippen LogP contribution in [0.25, 0.3) is 44.5 Å². The predicted molar refractivity (Wildman–Crippen MR) is 306 cm³/mol. The summed E-state index contributed by atoms with van der Waals surface area (Å²) < 4.78 is 7.34. The van der Waals surface area contributed by atoms with Gasteiger partial charge in [-0.05, 0) is 158 Å². The third-order valence-electron chi connectivity index (χ3n) is 16.1. The lowest BCUT2D eigenvalue weighted by atomic mass is 9.38. The molecular formula is C66H59B2N3O. The Morgan fingerprint density at radius 3 is 1.49 bits per heavy atom. The number of nitrogens with zero attached hydrogens (tertiary/aromatic N) is 3. The maximum atomic E-state index is 7.34. The molecule has 0 saturated heterocycles. The monoisotopic (exact) mass is 931 g/mol. The van der Waals surface area contributed by atoms with Gasteiger partial charge >= 0.3 is 13.7 Å². The molecule has 6 heteroatoms.